The number of hydrogen-bond donors (Lipinski definition) is 1. The minimum absolute atomic E-state index is 0.561. The van der Waals surface area contributed by atoms with E-state index in [1.165, 1.54) is 5.69 Å². The van der Waals surface area contributed by atoms with Crippen LogP contribution in [0.2, 0.25) is 0 Å². The molecule has 1 saturated heterocycles. The molecule has 0 spiro atoms. The van der Waals surface area contributed by atoms with Crippen molar-refractivity contribution in [2.24, 2.45) is 0 Å². The summed E-state index contributed by atoms with van der Waals surface area (Å²) in [6.07, 6.45) is 0. The van der Waals surface area contributed by atoms with E-state index in [0.29, 0.717) is 4.77 Å². The van der Waals surface area contributed by atoms with Gasteiger partial charge in [-0.2, -0.15) is 0 Å². The number of nitrogens with zero attached hydrogens (tertiary/aromatic N) is 3. The monoisotopic (exact) mass is 286 g/mol. The summed E-state index contributed by atoms with van der Waals surface area (Å²) in [4.78, 5) is 12.2. The maximum Gasteiger partial charge on any atom is 0.198 e. The maximum atomic E-state index is 5.15. The number of para-hydroxylation sites is 1. The molecule has 20 heavy (non-hydrogen) atoms. The molecular weight excluding hydrogens is 268 g/mol. The highest BCUT2D eigenvalue weighted by atomic mass is 32.1. The van der Waals surface area contributed by atoms with Crippen molar-refractivity contribution < 1.29 is 0 Å². The van der Waals surface area contributed by atoms with Crippen molar-refractivity contribution >= 4 is 23.7 Å². The zero-order valence-corrected chi connectivity index (χ0v) is 12.4. The number of aromatic amines is 1. The average molecular weight is 286 g/mol. The SMILES string of the molecule is Cc1cc(N2CCN(c3ccccc3)CC2)nc(=S)[nH]1. The second kappa shape index (κ2) is 5.63. The number of piperazine rings is 1. The summed E-state index contributed by atoms with van der Waals surface area (Å²) in [6.45, 7) is 5.98. The predicted molar refractivity (Wildman–Crippen MR) is 85.0 cm³/mol. The Hall–Kier alpha value is -1.88. The third-order valence-electron chi connectivity index (χ3n) is 3.59. The Bertz CT molecular complexity index is 630. The lowest BCUT2D eigenvalue weighted by Gasteiger charge is -2.36. The highest BCUT2D eigenvalue weighted by Gasteiger charge is 2.18. The van der Waals surface area contributed by atoms with Gasteiger partial charge in [-0.05, 0) is 37.3 Å². The molecule has 0 aliphatic carbocycles. The number of aryl methyl sites for hydroxylation is 1. The van der Waals surface area contributed by atoms with Gasteiger partial charge in [0.25, 0.3) is 0 Å². The molecule has 3 rings (SSSR count). The molecule has 1 aromatic heterocycles. The van der Waals surface area contributed by atoms with Crippen molar-refractivity contribution in [3.05, 3.63) is 46.9 Å². The van der Waals surface area contributed by atoms with E-state index in [0.717, 1.165) is 37.7 Å². The van der Waals surface area contributed by atoms with E-state index in [-0.39, 0.29) is 0 Å². The van der Waals surface area contributed by atoms with Crippen LogP contribution in [0, 0.1) is 11.7 Å². The Kier molecular flexibility index (Phi) is 3.69. The van der Waals surface area contributed by atoms with Crippen LogP contribution in [0.15, 0.2) is 36.4 Å². The quantitative estimate of drug-likeness (QED) is 0.861. The molecule has 1 aliphatic rings. The van der Waals surface area contributed by atoms with Gasteiger partial charge in [0, 0.05) is 37.6 Å². The zero-order valence-electron chi connectivity index (χ0n) is 11.5. The van der Waals surface area contributed by atoms with Crippen molar-refractivity contribution in [1.82, 2.24) is 9.97 Å². The molecule has 1 N–H and O–H groups in total. The number of anilines is 2. The van der Waals surface area contributed by atoms with Crippen LogP contribution in [-0.2, 0) is 0 Å². The average Bonchev–Trinajstić information content (AvgIpc) is 2.47. The molecule has 0 saturated carbocycles. The summed E-state index contributed by atoms with van der Waals surface area (Å²) in [5, 5.41) is 0. The summed E-state index contributed by atoms with van der Waals surface area (Å²) in [7, 11) is 0. The highest BCUT2D eigenvalue weighted by molar-refractivity contribution is 7.71. The van der Waals surface area contributed by atoms with E-state index < -0.39 is 0 Å². The summed E-state index contributed by atoms with van der Waals surface area (Å²) in [5.41, 5.74) is 2.35. The number of H-pyrrole nitrogens is 1. The minimum atomic E-state index is 0.561. The van der Waals surface area contributed by atoms with Crippen molar-refractivity contribution in [3.63, 3.8) is 0 Å². The third kappa shape index (κ3) is 2.82. The summed E-state index contributed by atoms with van der Waals surface area (Å²) in [6, 6.07) is 12.6. The van der Waals surface area contributed by atoms with Crippen LogP contribution in [0.1, 0.15) is 5.69 Å². The minimum Gasteiger partial charge on any atom is -0.368 e. The van der Waals surface area contributed by atoms with Crippen LogP contribution in [0.25, 0.3) is 0 Å². The molecule has 2 aromatic rings. The fourth-order valence-corrected chi connectivity index (χ4v) is 2.81. The fraction of sp³-hybridized carbons (Fsp3) is 0.333. The molecule has 1 aliphatic heterocycles. The van der Waals surface area contributed by atoms with Crippen LogP contribution >= 0.6 is 12.2 Å². The molecule has 4 nitrogen and oxygen atoms in total. The smallest absolute Gasteiger partial charge is 0.198 e. The summed E-state index contributed by atoms with van der Waals surface area (Å²) in [5.74, 6) is 0.985. The van der Waals surface area contributed by atoms with Gasteiger partial charge in [0.2, 0.25) is 0 Å². The van der Waals surface area contributed by atoms with E-state index in [1.807, 2.05) is 6.92 Å². The topological polar surface area (TPSA) is 35.2 Å². The lowest BCUT2D eigenvalue weighted by atomic mass is 10.2. The van der Waals surface area contributed by atoms with Gasteiger partial charge in [0.1, 0.15) is 5.82 Å². The van der Waals surface area contributed by atoms with E-state index in [1.54, 1.807) is 0 Å². The van der Waals surface area contributed by atoms with Gasteiger partial charge in [-0.3, -0.25) is 0 Å². The molecule has 5 heteroatoms. The largest absolute Gasteiger partial charge is 0.368 e. The lowest BCUT2D eigenvalue weighted by Crippen LogP contribution is -2.46. The maximum absolute atomic E-state index is 5.15. The Morgan fingerprint density at radius 1 is 1.05 bits per heavy atom. The molecule has 104 valence electrons. The molecule has 1 aromatic carbocycles. The number of rotatable bonds is 2. The predicted octanol–water partition coefficient (Wildman–Crippen LogP) is 2.77. The summed E-state index contributed by atoms with van der Waals surface area (Å²) < 4.78 is 0.561. The molecule has 0 atom stereocenters. The number of nitrogens with one attached hydrogen (secondary N) is 1. The first-order chi connectivity index (χ1) is 9.72. The van der Waals surface area contributed by atoms with Crippen molar-refractivity contribution in [1.29, 1.82) is 0 Å². The van der Waals surface area contributed by atoms with Gasteiger partial charge in [-0.25, -0.2) is 4.98 Å². The standard InChI is InChI=1S/C15H18N4S/c1-12-11-14(17-15(20)16-12)19-9-7-18(8-10-19)13-5-3-2-4-6-13/h2-6,11H,7-10H2,1H3,(H,16,17,20). The first-order valence-corrected chi connectivity index (χ1v) is 7.26. The van der Waals surface area contributed by atoms with E-state index >= 15 is 0 Å². The van der Waals surface area contributed by atoms with Gasteiger partial charge < -0.3 is 14.8 Å². The molecule has 0 amide bonds. The molecule has 0 unspecified atom stereocenters. The molecule has 2 heterocycles. The van der Waals surface area contributed by atoms with Crippen molar-refractivity contribution in [2.75, 3.05) is 36.0 Å². The van der Waals surface area contributed by atoms with E-state index in [9.17, 15) is 0 Å². The fourth-order valence-electron chi connectivity index (χ4n) is 2.56. The number of aromatic nitrogens is 2. The Balaban J connectivity index is 1.71. The van der Waals surface area contributed by atoms with Gasteiger partial charge in [0.05, 0.1) is 0 Å². The Morgan fingerprint density at radius 2 is 1.70 bits per heavy atom. The van der Waals surface area contributed by atoms with Crippen LogP contribution in [0.5, 0.6) is 0 Å². The van der Waals surface area contributed by atoms with Gasteiger partial charge in [0.15, 0.2) is 4.77 Å². The van der Waals surface area contributed by atoms with Crippen molar-refractivity contribution in [2.45, 2.75) is 6.92 Å². The second-order valence-corrected chi connectivity index (χ2v) is 5.42. The first kappa shape index (κ1) is 13.1. The van der Waals surface area contributed by atoms with Crippen LogP contribution in [0.4, 0.5) is 11.5 Å². The number of hydrogen-bond acceptors (Lipinski definition) is 4. The van der Waals surface area contributed by atoms with Gasteiger partial charge in [-0.15, -0.1) is 0 Å². The first-order valence-electron chi connectivity index (χ1n) is 6.85. The number of benzene rings is 1. The highest BCUT2D eigenvalue weighted by Crippen LogP contribution is 2.19. The molecule has 0 bridgehead atoms. The van der Waals surface area contributed by atoms with Crippen molar-refractivity contribution in [3.8, 4) is 0 Å². The Labute approximate surface area is 124 Å². The van der Waals surface area contributed by atoms with Gasteiger partial charge >= 0.3 is 0 Å². The molecular formula is C15H18N4S. The zero-order chi connectivity index (χ0) is 13.9. The second-order valence-electron chi connectivity index (χ2n) is 5.04. The van der Waals surface area contributed by atoms with Crippen LogP contribution < -0.4 is 9.80 Å². The van der Waals surface area contributed by atoms with E-state index in [2.05, 4.69) is 56.2 Å². The third-order valence-corrected chi connectivity index (χ3v) is 3.78. The van der Waals surface area contributed by atoms with Gasteiger partial charge in [-0.1, -0.05) is 18.2 Å². The lowest BCUT2D eigenvalue weighted by molar-refractivity contribution is 0.646. The Morgan fingerprint density at radius 3 is 2.35 bits per heavy atom. The van der Waals surface area contributed by atoms with Crippen LogP contribution in [-0.4, -0.2) is 36.1 Å². The van der Waals surface area contributed by atoms with E-state index in [4.69, 9.17) is 12.2 Å². The van der Waals surface area contributed by atoms with Crippen LogP contribution in [0.3, 0.4) is 0 Å². The summed E-state index contributed by atoms with van der Waals surface area (Å²) >= 11 is 5.15. The molecule has 0 radical (unpaired) electrons. The molecule has 1 fully saturated rings. The normalized spacial score (nSPS) is 15.4.